The number of aliphatic hydroxyl groups excluding tert-OH is 2. The van der Waals surface area contributed by atoms with Gasteiger partial charge in [-0.25, -0.2) is 21.6 Å². The summed E-state index contributed by atoms with van der Waals surface area (Å²) in [5.74, 6) is -0.133. The Morgan fingerprint density at radius 1 is 0.370 bits per heavy atom. The highest BCUT2D eigenvalue weighted by atomic mass is 35.5. The second kappa shape index (κ2) is 64.5. The number of alkyl halides is 2. The predicted molar refractivity (Wildman–Crippen MR) is 402 cm³/mol. The zero-order valence-electron chi connectivity index (χ0n) is 62.7. The molecule has 0 aromatic carbocycles. The van der Waals surface area contributed by atoms with Crippen LogP contribution in [-0.4, -0.2) is 204 Å². The van der Waals surface area contributed by atoms with Crippen LogP contribution in [0.1, 0.15) is 336 Å². The van der Waals surface area contributed by atoms with Crippen LogP contribution in [0.4, 0.5) is 0 Å². The van der Waals surface area contributed by atoms with Gasteiger partial charge in [0.1, 0.15) is 0 Å². The lowest BCUT2D eigenvalue weighted by molar-refractivity contribution is -0.890. The van der Waals surface area contributed by atoms with Crippen molar-refractivity contribution in [2.45, 2.75) is 359 Å². The number of nitrogens with one attached hydrogen (secondary N) is 1. The van der Waals surface area contributed by atoms with E-state index in [9.17, 15) is 31.6 Å². The summed E-state index contributed by atoms with van der Waals surface area (Å²) < 4.78 is 61.7. The topological polar surface area (TPSA) is 154 Å². The molecular weight excluding hydrogens is 1230 g/mol. The van der Waals surface area contributed by atoms with Crippen LogP contribution in [0.2, 0.25) is 0 Å². The van der Waals surface area contributed by atoms with Crippen LogP contribution in [-0.2, 0) is 20.1 Å². The molecule has 0 aromatic heterocycles. The maximum Gasteiger partial charge on any atom is 0.212 e. The first-order valence-electron chi connectivity index (χ1n) is 39.2. The molecule has 0 spiro atoms. The Kier molecular flexibility index (Phi) is 66.0. The molecule has 13 nitrogen and oxygen atoms in total. The number of rotatable bonds is 71. The zero-order chi connectivity index (χ0) is 68.9. The number of sulfonamides is 1. The molecular formula is C75H159Cl2N6O7S2+. The van der Waals surface area contributed by atoms with E-state index in [1.807, 2.05) is 19.0 Å². The average Bonchev–Trinajstić information content (AvgIpc) is 2.21. The molecule has 4 unspecified atom stereocenters. The van der Waals surface area contributed by atoms with Crippen molar-refractivity contribution in [3.63, 3.8) is 0 Å². The average molecular weight is 1390 g/mol. The quantitative estimate of drug-likeness (QED) is 0.0176. The van der Waals surface area contributed by atoms with Crippen molar-refractivity contribution in [1.29, 1.82) is 0 Å². The lowest BCUT2D eigenvalue weighted by atomic mass is 10.0. The standard InChI is InChI=1S/C39H83Cl2N4O2S.C36H76N2O5S/c1-7-9-11-13-15-17-19-21-23-25-29-38(40)35-44(36-39(41)30-26-24-22-20-18-16-14-12-10-8-2)31-27-32-45(5,6)33-28-34-48(46,47)42-37-43(3)4;1-5-7-9-11-13-15-17-19-21-23-27-35(39)33-37(29-25-30-38(3,4)31-26-32-44(41,42)43)34-36(40)28-24-22-20-18-16-14-12-10-8-6-2/h38-39,42H,7-37H2,1-6H3;35-36,39-40H,5-34H2,1-4H3/q+1;. The number of aliphatic hydroxyl groups is 2. The second-order valence-electron chi connectivity index (χ2n) is 30.0. The minimum Gasteiger partial charge on any atom is -0.748 e. The monoisotopic (exact) mass is 1390 g/mol. The molecule has 3 N–H and O–H groups in total. The molecule has 556 valence electrons. The maximum atomic E-state index is 12.3. The maximum absolute atomic E-state index is 12.3. The SMILES string of the molecule is CCCCCCCCCCCCC(Cl)CN(CCC[N+](C)(C)CCCS(=O)(=O)NCN(C)C)CC(Cl)CCCCCCCCCCCC.CCCCCCCCCCCCC(O)CN(CCC[N+](C)(C)CCCS(=O)(=O)[O-])CC(O)CCCCCCCCCCCC. The highest BCUT2D eigenvalue weighted by molar-refractivity contribution is 7.89. The van der Waals surface area contributed by atoms with Gasteiger partial charge in [0.2, 0.25) is 10.0 Å². The number of hydrogen-bond acceptors (Lipinski definition) is 10. The van der Waals surface area contributed by atoms with Gasteiger partial charge < -0.3 is 28.6 Å². The van der Waals surface area contributed by atoms with Crippen LogP contribution >= 0.6 is 23.2 Å². The Morgan fingerprint density at radius 3 is 0.902 bits per heavy atom. The van der Waals surface area contributed by atoms with Gasteiger partial charge in [0.05, 0.1) is 89.1 Å². The number of quaternary nitrogens is 2. The van der Waals surface area contributed by atoms with Crippen molar-refractivity contribution in [2.24, 2.45) is 0 Å². The van der Waals surface area contributed by atoms with Crippen molar-refractivity contribution < 1.29 is 40.6 Å². The normalized spacial score (nSPS) is 14.0. The summed E-state index contributed by atoms with van der Waals surface area (Å²) in [6.45, 7) is 17.6. The molecule has 0 radical (unpaired) electrons. The van der Waals surface area contributed by atoms with Gasteiger partial charge in [-0.15, -0.1) is 23.2 Å². The van der Waals surface area contributed by atoms with E-state index >= 15 is 0 Å². The molecule has 0 aromatic rings. The highest BCUT2D eigenvalue weighted by Gasteiger charge is 2.23. The van der Waals surface area contributed by atoms with Gasteiger partial charge >= 0.3 is 0 Å². The summed E-state index contributed by atoms with van der Waals surface area (Å²) in [6, 6.07) is 0. The number of hydrogen-bond donors (Lipinski definition) is 3. The van der Waals surface area contributed by atoms with Crippen molar-refractivity contribution in [3.05, 3.63) is 0 Å². The summed E-state index contributed by atoms with van der Waals surface area (Å²) in [7, 11) is 4.89. The molecule has 92 heavy (non-hydrogen) atoms. The Balaban J connectivity index is 0. The van der Waals surface area contributed by atoms with Crippen molar-refractivity contribution in [2.75, 3.05) is 126 Å². The largest absolute Gasteiger partial charge is 0.748 e. The number of unbranched alkanes of at least 4 members (excludes halogenated alkanes) is 36. The van der Waals surface area contributed by atoms with Crippen LogP contribution in [0.5, 0.6) is 0 Å². The lowest BCUT2D eigenvalue weighted by Gasteiger charge is -2.32. The Morgan fingerprint density at radius 2 is 0.620 bits per heavy atom. The third-order valence-electron chi connectivity index (χ3n) is 18.8. The van der Waals surface area contributed by atoms with E-state index in [4.69, 9.17) is 23.2 Å². The fourth-order valence-electron chi connectivity index (χ4n) is 12.8. The van der Waals surface area contributed by atoms with Crippen LogP contribution < -0.4 is 4.72 Å². The van der Waals surface area contributed by atoms with E-state index in [2.05, 4.69) is 70.4 Å². The van der Waals surface area contributed by atoms with Gasteiger partial charge in [-0.2, -0.15) is 0 Å². The third-order valence-corrected chi connectivity index (χ3v) is 21.7. The predicted octanol–water partition coefficient (Wildman–Crippen LogP) is 18.5. The molecule has 0 amide bonds. The van der Waals surface area contributed by atoms with Gasteiger partial charge in [-0.05, 0) is 39.8 Å². The third kappa shape index (κ3) is 71.4. The summed E-state index contributed by atoms with van der Waals surface area (Å²) in [6.07, 6.45) is 58.8. The summed E-state index contributed by atoms with van der Waals surface area (Å²) in [5.41, 5.74) is 0. The molecule has 0 aliphatic carbocycles. The molecule has 0 saturated heterocycles. The zero-order valence-corrected chi connectivity index (χ0v) is 65.8. The van der Waals surface area contributed by atoms with Crippen LogP contribution in [0.15, 0.2) is 0 Å². The van der Waals surface area contributed by atoms with Crippen LogP contribution in [0.3, 0.4) is 0 Å². The van der Waals surface area contributed by atoms with Crippen molar-refractivity contribution in [3.8, 4) is 0 Å². The molecule has 0 fully saturated rings. The first-order valence-corrected chi connectivity index (χ1v) is 43.3. The Labute approximate surface area is 584 Å². The molecule has 0 aliphatic rings. The summed E-state index contributed by atoms with van der Waals surface area (Å²) >= 11 is 13.9. The van der Waals surface area contributed by atoms with E-state index in [1.165, 1.54) is 244 Å². The van der Waals surface area contributed by atoms with E-state index in [1.54, 1.807) is 0 Å². The van der Waals surface area contributed by atoms with E-state index < -0.39 is 20.1 Å². The van der Waals surface area contributed by atoms with Crippen molar-refractivity contribution >= 4 is 43.3 Å². The first kappa shape index (κ1) is 94.2. The highest BCUT2D eigenvalue weighted by Crippen LogP contribution is 2.21. The molecule has 17 heteroatoms. The minimum absolute atomic E-state index is 0.169. The van der Waals surface area contributed by atoms with E-state index in [-0.39, 0.29) is 34.5 Å². The van der Waals surface area contributed by atoms with E-state index in [0.717, 1.165) is 102 Å². The molecule has 4 atom stereocenters. The van der Waals surface area contributed by atoms with Gasteiger partial charge in [0, 0.05) is 81.5 Å². The van der Waals surface area contributed by atoms with Gasteiger partial charge in [-0.1, -0.05) is 285 Å². The molecule has 0 saturated carbocycles. The fraction of sp³-hybridized carbons (Fsp3) is 1.00. The minimum atomic E-state index is -4.17. The first-order chi connectivity index (χ1) is 43.9. The molecule has 0 aliphatic heterocycles. The Hall–Kier alpha value is 0.120. The summed E-state index contributed by atoms with van der Waals surface area (Å²) in [5, 5.41) is 22.1. The van der Waals surface area contributed by atoms with Gasteiger partial charge in [0.15, 0.2) is 0 Å². The van der Waals surface area contributed by atoms with Crippen LogP contribution in [0, 0.1) is 0 Å². The van der Waals surface area contributed by atoms with Gasteiger partial charge in [0.25, 0.3) is 0 Å². The van der Waals surface area contributed by atoms with Crippen LogP contribution in [0.25, 0.3) is 0 Å². The van der Waals surface area contributed by atoms with Gasteiger partial charge in [-0.3, -0.25) is 9.80 Å². The smallest absolute Gasteiger partial charge is 0.212 e. The second-order valence-corrected chi connectivity index (χ2v) is 34.7. The van der Waals surface area contributed by atoms with E-state index in [0.29, 0.717) is 43.6 Å². The fourth-order valence-corrected chi connectivity index (χ4v) is 15.1. The Bertz CT molecular complexity index is 1710. The number of halogens is 2. The molecule has 0 rings (SSSR count). The lowest BCUT2D eigenvalue weighted by Crippen LogP contribution is -2.44. The summed E-state index contributed by atoms with van der Waals surface area (Å²) in [4.78, 5) is 6.59. The molecule has 0 bridgehead atoms. The molecule has 0 heterocycles. The van der Waals surface area contributed by atoms with Crippen molar-refractivity contribution in [1.82, 2.24) is 19.4 Å². The number of nitrogens with zero attached hydrogens (tertiary/aromatic N) is 5.